The monoisotopic (exact) mass is 234 g/mol. The largest absolute Gasteiger partial charge is 0.508 e. The standard InChI is InChI=1S/C11H10N2O4/c1-17-11(16)8-4-5-13(12-8)9-3-2-7(14)6-10(9)15/h2-6,14-15H,1H3. The van der Waals surface area contributed by atoms with Gasteiger partial charge in [0.1, 0.15) is 17.2 Å². The Bertz CT molecular complexity index is 562. The Morgan fingerprint density at radius 2 is 2.12 bits per heavy atom. The summed E-state index contributed by atoms with van der Waals surface area (Å²) < 4.78 is 5.84. The molecule has 0 fully saturated rings. The van der Waals surface area contributed by atoms with Crippen molar-refractivity contribution in [3.63, 3.8) is 0 Å². The summed E-state index contributed by atoms with van der Waals surface area (Å²) in [6.45, 7) is 0. The Labute approximate surface area is 96.7 Å². The van der Waals surface area contributed by atoms with Crippen LogP contribution in [0.15, 0.2) is 30.5 Å². The van der Waals surface area contributed by atoms with Gasteiger partial charge in [-0.05, 0) is 18.2 Å². The average molecular weight is 234 g/mol. The maximum atomic E-state index is 11.2. The van der Waals surface area contributed by atoms with Crippen LogP contribution in [0.25, 0.3) is 5.69 Å². The molecule has 0 aliphatic carbocycles. The van der Waals surface area contributed by atoms with Crippen LogP contribution >= 0.6 is 0 Å². The topological polar surface area (TPSA) is 84.6 Å². The lowest BCUT2D eigenvalue weighted by Gasteiger charge is -2.04. The van der Waals surface area contributed by atoms with E-state index < -0.39 is 5.97 Å². The molecular weight excluding hydrogens is 224 g/mol. The predicted octanol–water partition coefficient (Wildman–Crippen LogP) is 1.07. The molecule has 0 saturated heterocycles. The quantitative estimate of drug-likeness (QED) is 0.759. The molecule has 1 heterocycles. The van der Waals surface area contributed by atoms with Crippen LogP contribution in [0.3, 0.4) is 0 Å². The van der Waals surface area contributed by atoms with Gasteiger partial charge in [-0.15, -0.1) is 0 Å². The SMILES string of the molecule is COC(=O)c1ccn(-c2ccc(O)cc2O)n1. The second-order valence-corrected chi connectivity index (χ2v) is 3.31. The van der Waals surface area contributed by atoms with E-state index in [1.807, 2.05) is 0 Å². The summed E-state index contributed by atoms with van der Waals surface area (Å²) in [6.07, 6.45) is 1.51. The number of rotatable bonds is 2. The fraction of sp³-hybridized carbons (Fsp3) is 0.0909. The van der Waals surface area contributed by atoms with E-state index in [4.69, 9.17) is 5.11 Å². The van der Waals surface area contributed by atoms with Crippen molar-refractivity contribution in [1.29, 1.82) is 0 Å². The van der Waals surface area contributed by atoms with Gasteiger partial charge in [0.2, 0.25) is 0 Å². The second kappa shape index (κ2) is 4.17. The van der Waals surface area contributed by atoms with Gasteiger partial charge in [0.15, 0.2) is 5.69 Å². The fourth-order valence-electron chi connectivity index (χ4n) is 1.38. The molecule has 0 atom stereocenters. The molecule has 88 valence electrons. The minimum Gasteiger partial charge on any atom is -0.508 e. The number of carbonyl (C=O) groups is 1. The second-order valence-electron chi connectivity index (χ2n) is 3.31. The molecule has 0 saturated carbocycles. The molecule has 2 aromatic rings. The van der Waals surface area contributed by atoms with Gasteiger partial charge in [-0.1, -0.05) is 0 Å². The lowest BCUT2D eigenvalue weighted by atomic mass is 10.3. The third-order valence-corrected chi connectivity index (χ3v) is 2.19. The lowest BCUT2D eigenvalue weighted by Crippen LogP contribution is -2.04. The van der Waals surface area contributed by atoms with Crippen molar-refractivity contribution in [3.05, 3.63) is 36.2 Å². The van der Waals surface area contributed by atoms with E-state index in [0.717, 1.165) is 0 Å². The molecule has 0 aliphatic rings. The summed E-state index contributed by atoms with van der Waals surface area (Å²) in [5.41, 5.74) is 0.498. The Morgan fingerprint density at radius 3 is 2.76 bits per heavy atom. The summed E-state index contributed by atoms with van der Waals surface area (Å²) in [5, 5.41) is 22.7. The summed E-state index contributed by atoms with van der Waals surface area (Å²) in [6, 6.07) is 5.56. The number of carbonyl (C=O) groups excluding carboxylic acids is 1. The Hall–Kier alpha value is -2.50. The van der Waals surface area contributed by atoms with Gasteiger partial charge in [0, 0.05) is 12.3 Å². The number of benzene rings is 1. The molecule has 0 aliphatic heterocycles. The number of hydrogen-bond donors (Lipinski definition) is 2. The molecule has 6 nitrogen and oxygen atoms in total. The Morgan fingerprint density at radius 1 is 1.35 bits per heavy atom. The number of nitrogens with zero attached hydrogens (tertiary/aromatic N) is 2. The van der Waals surface area contributed by atoms with Crippen LogP contribution < -0.4 is 0 Å². The molecule has 2 N–H and O–H groups in total. The van der Waals surface area contributed by atoms with Crippen molar-refractivity contribution in [2.24, 2.45) is 0 Å². The van der Waals surface area contributed by atoms with Crippen molar-refractivity contribution in [2.45, 2.75) is 0 Å². The molecule has 2 rings (SSSR count). The highest BCUT2D eigenvalue weighted by Gasteiger charge is 2.11. The maximum Gasteiger partial charge on any atom is 0.358 e. The van der Waals surface area contributed by atoms with E-state index in [1.165, 1.54) is 42.3 Å². The number of phenols is 2. The highest BCUT2D eigenvalue weighted by atomic mass is 16.5. The number of aromatic hydroxyl groups is 2. The third-order valence-electron chi connectivity index (χ3n) is 2.19. The first-order valence-electron chi connectivity index (χ1n) is 4.78. The number of methoxy groups -OCH3 is 1. The Kier molecular flexibility index (Phi) is 2.70. The van der Waals surface area contributed by atoms with Crippen molar-refractivity contribution in [1.82, 2.24) is 9.78 Å². The molecule has 17 heavy (non-hydrogen) atoms. The van der Waals surface area contributed by atoms with Crippen LogP contribution in [0, 0.1) is 0 Å². The number of ether oxygens (including phenoxy) is 1. The van der Waals surface area contributed by atoms with Crippen LogP contribution in [-0.4, -0.2) is 33.1 Å². The number of hydrogen-bond acceptors (Lipinski definition) is 5. The van der Waals surface area contributed by atoms with Gasteiger partial charge in [-0.2, -0.15) is 5.10 Å². The van der Waals surface area contributed by atoms with Crippen LogP contribution in [0.2, 0.25) is 0 Å². The highest BCUT2D eigenvalue weighted by Crippen LogP contribution is 2.25. The summed E-state index contributed by atoms with van der Waals surface area (Å²) >= 11 is 0. The smallest absolute Gasteiger partial charge is 0.358 e. The third kappa shape index (κ3) is 2.05. The first kappa shape index (κ1) is 11.0. The average Bonchev–Trinajstić information content (AvgIpc) is 2.77. The van der Waals surface area contributed by atoms with Gasteiger partial charge in [-0.3, -0.25) is 0 Å². The molecule has 1 aromatic heterocycles. The first-order chi connectivity index (χ1) is 8.11. The molecule has 0 unspecified atom stereocenters. The van der Waals surface area contributed by atoms with Gasteiger partial charge in [0.05, 0.1) is 7.11 Å². The summed E-state index contributed by atoms with van der Waals surface area (Å²) in [7, 11) is 1.26. The van der Waals surface area contributed by atoms with Crippen molar-refractivity contribution in [3.8, 4) is 17.2 Å². The summed E-state index contributed by atoms with van der Waals surface area (Å²) in [5.74, 6) is -0.738. The van der Waals surface area contributed by atoms with Crippen molar-refractivity contribution < 1.29 is 19.7 Å². The van der Waals surface area contributed by atoms with E-state index in [0.29, 0.717) is 5.69 Å². The fourth-order valence-corrected chi connectivity index (χ4v) is 1.38. The van der Waals surface area contributed by atoms with Crippen LogP contribution in [0.4, 0.5) is 0 Å². The zero-order valence-corrected chi connectivity index (χ0v) is 8.99. The van der Waals surface area contributed by atoms with Gasteiger partial charge >= 0.3 is 5.97 Å². The first-order valence-corrected chi connectivity index (χ1v) is 4.78. The van der Waals surface area contributed by atoms with Crippen molar-refractivity contribution in [2.75, 3.05) is 7.11 Å². The minimum absolute atomic E-state index is 0.0494. The van der Waals surface area contributed by atoms with E-state index in [-0.39, 0.29) is 17.2 Å². The molecule has 0 bridgehead atoms. The maximum absolute atomic E-state index is 11.2. The van der Waals surface area contributed by atoms with E-state index in [9.17, 15) is 9.90 Å². The lowest BCUT2D eigenvalue weighted by molar-refractivity contribution is 0.0593. The van der Waals surface area contributed by atoms with Gasteiger partial charge in [-0.25, -0.2) is 9.48 Å². The normalized spacial score (nSPS) is 10.2. The molecule has 0 spiro atoms. The molecule has 0 amide bonds. The van der Waals surface area contributed by atoms with E-state index >= 15 is 0 Å². The molecule has 6 heteroatoms. The van der Waals surface area contributed by atoms with Gasteiger partial charge in [0.25, 0.3) is 0 Å². The molecule has 1 aromatic carbocycles. The van der Waals surface area contributed by atoms with Crippen molar-refractivity contribution >= 4 is 5.97 Å². The van der Waals surface area contributed by atoms with Gasteiger partial charge < -0.3 is 14.9 Å². The highest BCUT2D eigenvalue weighted by molar-refractivity contribution is 5.87. The van der Waals surface area contributed by atoms with Crippen LogP contribution in [0.1, 0.15) is 10.5 Å². The van der Waals surface area contributed by atoms with Crippen LogP contribution in [-0.2, 0) is 4.74 Å². The van der Waals surface area contributed by atoms with E-state index in [2.05, 4.69) is 9.84 Å². The summed E-state index contributed by atoms with van der Waals surface area (Å²) in [4.78, 5) is 11.2. The number of phenolic OH excluding ortho intramolecular Hbond substituents is 2. The minimum atomic E-state index is -0.554. The zero-order chi connectivity index (χ0) is 12.4. The molecule has 0 radical (unpaired) electrons. The van der Waals surface area contributed by atoms with E-state index in [1.54, 1.807) is 0 Å². The number of esters is 1. The predicted molar refractivity (Wildman–Crippen MR) is 58.2 cm³/mol. The molecular formula is C11H10N2O4. The number of aromatic nitrogens is 2. The van der Waals surface area contributed by atoms with Crippen LogP contribution in [0.5, 0.6) is 11.5 Å². The Balaban J connectivity index is 2.40. The zero-order valence-electron chi connectivity index (χ0n) is 8.99.